The molecule has 0 bridgehead atoms. The second-order valence-electron chi connectivity index (χ2n) is 13.5. The number of hydrogen-bond donors (Lipinski definition) is 0. The molecule has 0 spiro atoms. The lowest BCUT2D eigenvalue weighted by atomic mass is 10.00. The van der Waals surface area contributed by atoms with E-state index >= 15 is 0 Å². The van der Waals surface area contributed by atoms with Gasteiger partial charge in [0.1, 0.15) is 0 Å². The molecule has 0 N–H and O–H groups in total. The standard InChI is InChI=1S/C52H37N3/c1-5-13-38(14-6-1)40-21-27-44(28-22-40)50-37-51(45-29-23-41(24-30-45)39-15-7-2-8-16-39)54-52(53-50)46-31-25-42(26-32-46)43-33-35-49(36-34-43)55(47-17-9-3-10-18-47)48-19-11-4-12-20-48/h1-37H. The number of hydrogen-bond acceptors (Lipinski definition) is 3. The minimum atomic E-state index is 0.690. The maximum Gasteiger partial charge on any atom is 0.160 e. The summed E-state index contributed by atoms with van der Waals surface area (Å²) in [5.41, 5.74) is 15.2. The van der Waals surface area contributed by atoms with Gasteiger partial charge in [-0.3, -0.25) is 0 Å². The molecular formula is C52H37N3. The van der Waals surface area contributed by atoms with Crippen molar-refractivity contribution in [3.8, 4) is 67.3 Å². The number of aromatic nitrogens is 2. The molecule has 0 saturated carbocycles. The maximum absolute atomic E-state index is 5.14. The van der Waals surface area contributed by atoms with Crippen molar-refractivity contribution in [2.75, 3.05) is 4.90 Å². The third-order valence-corrected chi connectivity index (χ3v) is 9.93. The van der Waals surface area contributed by atoms with Crippen molar-refractivity contribution in [1.82, 2.24) is 9.97 Å². The first kappa shape index (κ1) is 33.5. The summed E-state index contributed by atoms with van der Waals surface area (Å²) in [5, 5.41) is 0. The quantitative estimate of drug-likeness (QED) is 0.150. The molecule has 9 rings (SSSR count). The molecule has 0 aliphatic heterocycles. The lowest BCUT2D eigenvalue weighted by Crippen LogP contribution is -2.09. The van der Waals surface area contributed by atoms with Crippen LogP contribution in [0.2, 0.25) is 0 Å². The highest BCUT2D eigenvalue weighted by Crippen LogP contribution is 2.36. The van der Waals surface area contributed by atoms with Crippen LogP contribution in [-0.4, -0.2) is 9.97 Å². The van der Waals surface area contributed by atoms with E-state index in [4.69, 9.17) is 9.97 Å². The minimum Gasteiger partial charge on any atom is -0.311 e. The van der Waals surface area contributed by atoms with E-state index in [0.717, 1.165) is 56.3 Å². The van der Waals surface area contributed by atoms with Crippen LogP contribution in [0.25, 0.3) is 67.3 Å². The summed E-state index contributed by atoms with van der Waals surface area (Å²) in [6.45, 7) is 0. The predicted molar refractivity (Wildman–Crippen MR) is 229 cm³/mol. The molecule has 1 heterocycles. The Bertz CT molecular complexity index is 2480. The molecule has 8 aromatic carbocycles. The third-order valence-electron chi connectivity index (χ3n) is 9.93. The number of para-hydroxylation sites is 2. The van der Waals surface area contributed by atoms with Crippen LogP contribution in [0.1, 0.15) is 0 Å². The summed E-state index contributed by atoms with van der Waals surface area (Å²) in [5.74, 6) is 0.690. The van der Waals surface area contributed by atoms with Gasteiger partial charge in [0, 0.05) is 33.8 Å². The molecule has 0 unspecified atom stereocenters. The first-order valence-electron chi connectivity index (χ1n) is 18.6. The molecule has 0 saturated heterocycles. The van der Waals surface area contributed by atoms with Gasteiger partial charge in [-0.05, 0) is 75.8 Å². The van der Waals surface area contributed by atoms with E-state index in [0.29, 0.717) is 5.82 Å². The Morgan fingerprint density at radius 2 is 0.509 bits per heavy atom. The lowest BCUT2D eigenvalue weighted by molar-refractivity contribution is 1.18. The van der Waals surface area contributed by atoms with Gasteiger partial charge in [-0.15, -0.1) is 0 Å². The highest BCUT2D eigenvalue weighted by molar-refractivity contribution is 5.80. The zero-order valence-corrected chi connectivity index (χ0v) is 30.2. The van der Waals surface area contributed by atoms with Gasteiger partial charge in [0.15, 0.2) is 5.82 Å². The van der Waals surface area contributed by atoms with E-state index in [1.807, 2.05) is 24.3 Å². The molecule has 0 aliphatic rings. The van der Waals surface area contributed by atoms with Crippen molar-refractivity contribution >= 4 is 17.1 Å². The molecule has 0 radical (unpaired) electrons. The Balaban J connectivity index is 1.04. The zero-order chi connectivity index (χ0) is 36.8. The van der Waals surface area contributed by atoms with Crippen molar-refractivity contribution in [1.29, 1.82) is 0 Å². The fraction of sp³-hybridized carbons (Fsp3) is 0. The fourth-order valence-electron chi connectivity index (χ4n) is 7.02. The van der Waals surface area contributed by atoms with Gasteiger partial charge in [0.2, 0.25) is 0 Å². The number of anilines is 3. The molecule has 9 aromatic rings. The summed E-state index contributed by atoms with van der Waals surface area (Å²) < 4.78 is 0. The van der Waals surface area contributed by atoms with Crippen LogP contribution in [0.3, 0.4) is 0 Å². The van der Waals surface area contributed by atoms with Gasteiger partial charge in [-0.25, -0.2) is 9.97 Å². The van der Waals surface area contributed by atoms with E-state index in [1.54, 1.807) is 0 Å². The normalized spacial score (nSPS) is 10.9. The van der Waals surface area contributed by atoms with Crippen LogP contribution in [0.4, 0.5) is 17.1 Å². The number of rotatable bonds is 9. The second-order valence-corrected chi connectivity index (χ2v) is 13.5. The van der Waals surface area contributed by atoms with E-state index in [1.165, 1.54) is 22.3 Å². The highest BCUT2D eigenvalue weighted by Gasteiger charge is 2.14. The second kappa shape index (κ2) is 15.3. The van der Waals surface area contributed by atoms with Gasteiger partial charge in [0.05, 0.1) is 11.4 Å². The molecule has 3 nitrogen and oxygen atoms in total. The van der Waals surface area contributed by atoms with Gasteiger partial charge in [0.25, 0.3) is 0 Å². The van der Waals surface area contributed by atoms with Crippen molar-refractivity contribution < 1.29 is 0 Å². The van der Waals surface area contributed by atoms with Gasteiger partial charge in [-0.1, -0.05) is 182 Å². The molecular weight excluding hydrogens is 667 g/mol. The minimum absolute atomic E-state index is 0.690. The van der Waals surface area contributed by atoms with Crippen LogP contribution in [0, 0.1) is 0 Å². The largest absolute Gasteiger partial charge is 0.311 e. The molecule has 260 valence electrons. The Hall–Kier alpha value is -7.36. The average Bonchev–Trinajstić information content (AvgIpc) is 3.28. The predicted octanol–water partition coefficient (Wildman–Crippen LogP) is 13.9. The van der Waals surface area contributed by atoms with Gasteiger partial charge in [-0.2, -0.15) is 0 Å². The average molecular weight is 704 g/mol. The first-order chi connectivity index (χ1) is 27.2. The monoisotopic (exact) mass is 703 g/mol. The topological polar surface area (TPSA) is 29.0 Å². The zero-order valence-electron chi connectivity index (χ0n) is 30.2. The molecule has 0 atom stereocenters. The first-order valence-corrected chi connectivity index (χ1v) is 18.6. The molecule has 3 heteroatoms. The maximum atomic E-state index is 5.14. The Morgan fingerprint density at radius 3 is 0.891 bits per heavy atom. The summed E-state index contributed by atoms with van der Waals surface area (Å²) in [7, 11) is 0. The van der Waals surface area contributed by atoms with Crippen LogP contribution in [0.5, 0.6) is 0 Å². The molecule has 0 aliphatic carbocycles. The Morgan fingerprint density at radius 1 is 0.236 bits per heavy atom. The van der Waals surface area contributed by atoms with E-state index in [9.17, 15) is 0 Å². The molecule has 0 amide bonds. The summed E-state index contributed by atoms with van der Waals surface area (Å²) in [6.07, 6.45) is 0. The molecule has 55 heavy (non-hydrogen) atoms. The van der Waals surface area contributed by atoms with Gasteiger partial charge >= 0.3 is 0 Å². The third kappa shape index (κ3) is 7.33. The van der Waals surface area contributed by atoms with Crippen molar-refractivity contribution in [3.63, 3.8) is 0 Å². The summed E-state index contributed by atoms with van der Waals surface area (Å²) >= 11 is 0. The Labute approximate surface area is 322 Å². The SMILES string of the molecule is c1ccc(-c2ccc(-c3cc(-c4ccc(-c5ccccc5)cc4)nc(-c4ccc(-c5ccc(N(c6ccccc6)c6ccccc6)cc5)cc4)n3)cc2)cc1. The van der Waals surface area contributed by atoms with E-state index in [-0.39, 0.29) is 0 Å². The smallest absolute Gasteiger partial charge is 0.160 e. The summed E-state index contributed by atoms with van der Waals surface area (Å²) in [6, 6.07) is 78.6. The van der Waals surface area contributed by atoms with Crippen molar-refractivity contribution in [2.45, 2.75) is 0 Å². The summed E-state index contributed by atoms with van der Waals surface area (Å²) in [4.78, 5) is 12.6. The molecule has 0 fully saturated rings. The highest BCUT2D eigenvalue weighted by atomic mass is 15.1. The van der Waals surface area contributed by atoms with Crippen LogP contribution < -0.4 is 4.90 Å². The van der Waals surface area contributed by atoms with Crippen LogP contribution >= 0.6 is 0 Å². The van der Waals surface area contributed by atoms with Crippen LogP contribution in [-0.2, 0) is 0 Å². The van der Waals surface area contributed by atoms with Crippen molar-refractivity contribution in [3.05, 3.63) is 224 Å². The fourth-order valence-corrected chi connectivity index (χ4v) is 7.02. The lowest BCUT2D eigenvalue weighted by Gasteiger charge is -2.25. The number of nitrogens with zero attached hydrogens (tertiary/aromatic N) is 3. The van der Waals surface area contributed by atoms with E-state index < -0.39 is 0 Å². The van der Waals surface area contributed by atoms with Crippen LogP contribution in [0.15, 0.2) is 224 Å². The Kier molecular flexibility index (Phi) is 9.32. The van der Waals surface area contributed by atoms with Gasteiger partial charge < -0.3 is 4.90 Å². The van der Waals surface area contributed by atoms with E-state index in [2.05, 4.69) is 205 Å². The molecule has 1 aromatic heterocycles. The number of benzene rings is 8. The van der Waals surface area contributed by atoms with Crippen molar-refractivity contribution in [2.24, 2.45) is 0 Å².